The van der Waals surface area contributed by atoms with Gasteiger partial charge < -0.3 is 10.2 Å². The zero-order chi connectivity index (χ0) is 20.3. The number of hydrogen-bond donors (Lipinski definition) is 2. The molecule has 9 heteroatoms. The molecular weight excluding hydrogens is 402 g/mol. The lowest BCUT2D eigenvalue weighted by Crippen LogP contribution is -2.33. The van der Waals surface area contributed by atoms with E-state index in [2.05, 4.69) is 10.0 Å². The van der Waals surface area contributed by atoms with Gasteiger partial charge in [0.2, 0.25) is 15.9 Å². The van der Waals surface area contributed by atoms with E-state index in [4.69, 9.17) is 11.6 Å². The predicted octanol–water partition coefficient (Wildman–Crippen LogP) is 1.96. The number of benzene rings is 2. The Balaban J connectivity index is 1.59. The largest absolute Gasteiger partial charge is 0.352 e. The molecule has 0 bridgehead atoms. The van der Waals surface area contributed by atoms with E-state index in [1.54, 1.807) is 41.3 Å². The van der Waals surface area contributed by atoms with Crippen LogP contribution in [0.25, 0.3) is 0 Å². The van der Waals surface area contributed by atoms with E-state index in [1.165, 1.54) is 13.1 Å². The normalized spacial score (nSPS) is 13.3. The Morgan fingerprint density at radius 2 is 1.86 bits per heavy atom. The van der Waals surface area contributed by atoms with Crippen molar-refractivity contribution in [1.82, 2.24) is 10.0 Å². The number of rotatable bonds is 6. The number of sulfonamides is 1. The highest BCUT2D eigenvalue weighted by Crippen LogP contribution is 2.30. The molecule has 3 rings (SSSR count). The molecule has 148 valence electrons. The van der Waals surface area contributed by atoms with Gasteiger partial charge in [0, 0.05) is 35.8 Å². The van der Waals surface area contributed by atoms with Gasteiger partial charge >= 0.3 is 0 Å². The van der Waals surface area contributed by atoms with Crippen LogP contribution < -0.4 is 14.9 Å². The Bertz CT molecular complexity index is 1010. The van der Waals surface area contributed by atoms with Crippen LogP contribution in [0.15, 0.2) is 47.4 Å². The summed E-state index contributed by atoms with van der Waals surface area (Å²) in [7, 11) is -2.16. The van der Waals surface area contributed by atoms with Crippen LogP contribution in [0.5, 0.6) is 0 Å². The van der Waals surface area contributed by atoms with Crippen molar-refractivity contribution in [2.75, 3.05) is 25.0 Å². The Kier molecular flexibility index (Phi) is 6.02. The lowest BCUT2D eigenvalue weighted by molar-refractivity contribution is -0.118. The first-order chi connectivity index (χ1) is 13.3. The summed E-state index contributed by atoms with van der Waals surface area (Å²) in [5.41, 5.74) is 2.00. The van der Waals surface area contributed by atoms with Gasteiger partial charge in [0.1, 0.15) is 0 Å². The highest BCUT2D eigenvalue weighted by atomic mass is 35.5. The number of fused-ring (bicyclic) bond motifs is 1. The van der Waals surface area contributed by atoms with E-state index in [-0.39, 0.29) is 29.7 Å². The van der Waals surface area contributed by atoms with Gasteiger partial charge in [0.25, 0.3) is 5.91 Å². The van der Waals surface area contributed by atoms with Crippen LogP contribution in [-0.4, -0.2) is 40.4 Å². The maximum Gasteiger partial charge on any atom is 0.251 e. The third-order valence-corrected chi connectivity index (χ3v) is 6.22. The number of nitrogens with zero attached hydrogens (tertiary/aromatic N) is 1. The minimum Gasteiger partial charge on any atom is -0.352 e. The standard InChI is InChI=1S/C19H20ClN3O4S/c1-21-28(26,27)16-6-7-17-14(12-16)9-11-23(17)18(24)8-10-22-19(25)13-2-4-15(20)5-3-13/h2-7,12,21H,8-11H2,1H3,(H,22,25). The molecule has 0 unspecified atom stereocenters. The number of anilines is 1. The van der Waals surface area contributed by atoms with Gasteiger partial charge in [-0.05, 0) is 61.5 Å². The minimum atomic E-state index is -3.52. The zero-order valence-corrected chi connectivity index (χ0v) is 16.8. The average Bonchev–Trinajstić information content (AvgIpc) is 3.11. The molecule has 1 heterocycles. The Morgan fingerprint density at radius 1 is 1.14 bits per heavy atom. The molecule has 1 aliphatic heterocycles. The van der Waals surface area contributed by atoms with Gasteiger partial charge in [-0.1, -0.05) is 11.6 Å². The van der Waals surface area contributed by atoms with Gasteiger partial charge in [-0.15, -0.1) is 0 Å². The highest BCUT2D eigenvalue weighted by molar-refractivity contribution is 7.89. The Morgan fingerprint density at radius 3 is 2.54 bits per heavy atom. The lowest BCUT2D eigenvalue weighted by atomic mass is 10.2. The van der Waals surface area contributed by atoms with E-state index in [9.17, 15) is 18.0 Å². The number of carbonyl (C=O) groups is 2. The molecule has 2 aromatic carbocycles. The summed E-state index contributed by atoms with van der Waals surface area (Å²) < 4.78 is 26.1. The maximum atomic E-state index is 12.5. The third kappa shape index (κ3) is 4.35. The summed E-state index contributed by atoms with van der Waals surface area (Å²) in [6.07, 6.45) is 0.737. The summed E-state index contributed by atoms with van der Waals surface area (Å²) >= 11 is 5.80. The number of halogens is 1. The van der Waals surface area contributed by atoms with Crippen molar-refractivity contribution in [1.29, 1.82) is 0 Å². The van der Waals surface area contributed by atoms with Crippen LogP contribution in [-0.2, 0) is 21.2 Å². The SMILES string of the molecule is CNS(=O)(=O)c1ccc2c(c1)CCN2C(=O)CCNC(=O)c1ccc(Cl)cc1. The van der Waals surface area contributed by atoms with Gasteiger partial charge in [-0.2, -0.15) is 0 Å². The molecule has 0 saturated heterocycles. The average molecular weight is 422 g/mol. The Labute approximate surface area is 168 Å². The number of amides is 2. The van der Waals surface area contributed by atoms with Gasteiger partial charge in [0.05, 0.1) is 4.90 Å². The second-order valence-corrected chi connectivity index (χ2v) is 8.63. The number of carbonyl (C=O) groups excluding carboxylic acids is 2. The second-order valence-electron chi connectivity index (χ2n) is 6.31. The van der Waals surface area contributed by atoms with Crippen molar-refractivity contribution in [3.63, 3.8) is 0 Å². The van der Waals surface area contributed by atoms with Crippen LogP contribution in [0.2, 0.25) is 5.02 Å². The molecule has 7 nitrogen and oxygen atoms in total. The van der Waals surface area contributed by atoms with E-state index in [1.807, 2.05) is 0 Å². The van der Waals surface area contributed by atoms with E-state index in [0.29, 0.717) is 29.2 Å². The predicted molar refractivity (Wildman–Crippen MR) is 107 cm³/mol. The molecule has 0 aromatic heterocycles. The fourth-order valence-electron chi connectivity index (χ4n) is 3.04. The maximum absolute atomic E-state index is 12.5. The van der Waals surface area contributed by atoms with E-state index in [0.717, 1.165) is 5.56 Å². The third-order valence-electron chi connectivity index (χ3n) is 4.56. The molecule has 0 saturated carbocycles. The molecule has 0 atom stereocenters. The molecule has 2 N–H and O–H groups in total. The molecule has 0 fully saturated rings. The topological polar surface area (TPSA) is 95.6 Å². The monoisotopic (exact) mass is 421 g/mol. The molecule has 28 heavy (non-hydrogen) atoms. The summed E-state index contributed by atoms with van der Waals surface area (Å²) in [6.45, 7) is 0.695. The summed E-state index contributed by atoms with van der Waals surface area (Å²) in [6, 6.07) is 11.2. The molecule has 0 radical (unpaired) electrons. The van der Waals surface area contributed by atoms with Crippen LogP contribution in [0, 0.1) is 0 Å². The summed E-state index contributed by atoms with van der Waals surface area (Å²) in [4.78, 5) is 26.4. The van der Waals surface area contributed by atoms with Crippen LogP contribution in [0.4, 0.5) is 5.69 Å². The first kappa shape index (κ1) is 20.3. The number of hydrogen-bond acceptors (Lipinski definition) is 4. The van der Waals surface area contributed by atoms with Crippen molar-refractivity contribution < 1.29 is 18.0 Å². The lowest BCUT2D eigenvalue weighted by Gasteiger charge is -2.18. The molecule has 0 spiro atoms. The fraction of sp³-hybridized carbons (Fsp3) is 0.263. The second kappa shape index (κ2) is 8.30. The molecule has 1 aliphatic rings. The first-order valence-electron chi connectivity index (χ1n) is 8.72. The number of nitrogens with one attached hydrogen (secondary N) is 2. The Hall–Kier alpha value is -2.42. The van der Waals surface area contributed by atoms with Crippen molar-refractivity contribution in [2.45, 2.75) is 17.7 Å². The molecular formula is C19H20ClN3O4S. The quantitative estimate of drug-likeness (QED) is 0.745. The van der Waals surface area contributed by atoms with Gasteiger partial charge in [-0.3, -0.25) is 9.59 Å². The van der Waals surface area contributed by atoms with Gasteiger partial charge in [-0.25, -0.2) is 13.1 Å². The summed E-state index contributed by atoms with van der Waals surface area (Å²) in [5, 5.41) is 3.26. The van der Waals surface area contributed by atoms with Crippen molar-refractivity contribution >= 4 is 39.1 Å². The fourth-order valence-corrected chi connectivity index (χ4v) is 3.95. The van der Waals surface area contributed by atoms with Crippen molar-refractivity contribution in [3.05, 3.63) is 58.6 Å². The minimum absolute atomic E-state index is 0.126. The molecule has 2 amide bonds. The van der Waals surface area contributed by atoms with Gasteiger partial charge in [0.15, 0.2) is 0 Å². The van der Waals surface area contributed by atoms with E-state index < -0.39 is 10.0 Å². The van der Waals surface area contributed by atoms with Crippen LogP contribution in [0.1, 0.15) is 22.3 Å². The van der Waals surface area contributed by atoms with Crippen LogP contribution >= 0.6 is 11.6 Å². The van der Waals surface area contributed by atoms with Crippen LogP contribution in [0.3, 0.4) is 0 Å². The van der Waals surface area contributed by atoms with Crippen molar-refractivity contribution in [3.8, 4) is 0 Å². The summed E-state index contributed by atoms with van der Waals surface area (Å²) in [5.74, 6) is -0.396. The van der Waals surface area contributed by atoms with E-state index >= 15 is 0 Å². The first-order valence-corrected chi connectivity index (χ1v) is 10.6. The zero-order valence-electron chi connectivity index (χ0n) is 15.2. The molecule has 0 aliphatic carbocycles. The smallest absolute Gasteiger partial charge is 0.251 e. The molecule has 2 aromatic rings. The highest BCUT2D eigenvalue weighted by Gasteiger charge is 2.26. The van der Waals surface area contributed by atoms with Crippen molar-refractivity contribution in [2.24, 2.45) is 0 Å².